The van der Waals surface area contributed by atoms with Crippen LogP contribution in [0.5, 0.6) is 17.2 Å². The summed E-state index contributed by atoms with van der Waals surface area (Å²) in [5, 5.41) is 3.07. The van der Waals surface area contributed by atoms with Crippen LogP contribution in [0.15, 0.2) is 47.5 Å². The van der Waals surface area contributed by atoms with Crippen molar-refractivity contribution in [3.63, 3.8) is 0 Å². The molecule has 1 fully saturated rings. The van der Waals surface area contributed by atoms with Gasteiger partial charge < -0.3 is 25.3 Å². The monoisotopic (exact) mass is 355 g/mol. The molecule has 138 valence electrons. The maximum atomic E-state index is 6.02. The van der Waals surface area contributed by atoms with Gasteiger partial charge in [-0.15, -0.1) is 0 Å². The molecule has 0 unspecified atom stereocenters. The zero-order valence-electron chi connectivity index (χ0n) is 15.2. The molecule has 0 saturated heterocycles. The molecule has 0 aliphatic heterocycles. The minimum atomic E-state index is 0.328. The van der Waals surface area contributed by atoms with Crippen molar-refractivity contribution in [1.82, 2.24) is 0 Å². The van der Waals surface area contributed by atoms with Gasteiger partial charge in [-0.1, -0.05) is 18.2 Å². The van der Waals surface area contributed by atoms with E-state index in [0.717, 1.165) is 23.6 Å². The Hall–Kier alpha value is -2.89. The molecule has 2 aromatic carbocycles. The van der Waals surface area contributed by atoms with E-state index in [1.165, 1.54) is 12.8 Å². The second-order valence-electron chi connectivity index (χ2n) is 6.26. The number of nitrogens with two attached hydrogens (primary N) is 1. The number of anilines is 1. The van der Waals surface area contributed by atoms with Gasteiger partial charge in [0.15, 0.2) is 17.5 Å². The van der Waals surface area contributed by atoms with E-state index in [0.29, 0.717) is 29.9 Å². The van der Waals surface area contributed by atoms with Gasteiger partial charge in [0.05, 0.1) is 27.4 Å². The SMILES string of the molecule is COc1ccc(NC(N)=NCc2ccccc2OCC2CC2)cc1OC. The predicted octanol–water partition coefficient (Wildman–Crippen LogP) is 3.42. The molecule has 1 aliphatic rings. The molecule has 0 atom stereocenters. The highest BCUT2D eigenvalue weighted by atomic mass is 16.5. The lowest BCUT2D eigenvalue weighted by atomic mass is 10.2. The average molecular weight is 355 g/mol. The topological polar surface area (TPSA) is 78.1 Å². The Bertz CT molecular complexity index is 773. The molecule has 6 heteroatoms. The number of aliphatic imine (C=N–C) groups is 1. The van der Waals surface area contributed by atoms with Crippen molar-refractivity contribution >= 4 is 11.6 Å². The lowest BCUT2D eigenvalue weighted by Crippen LogP contribution is -2.22. The van der Waals surface area contributed by atoms with Gasteiger partial charge in [-0.25, -0.2) is 4.99 Å². The Balaban J connectivity index is 1.63. The molecule has 1 saturated carbocycles. The number of nitrogens with one attached hydrogen (secondary N) is 1. The summed E-state index contributed by atoms with van der Waals surface area (Å²) in [6, 6.07) is 13.4. The molecule has 26 heavy (non-hydrogen) atoms. The standard InChI is InChI=1S/C20H25N3O3/c1-24-18-10-9-16(11-19(18)25-2)23-20(21)22-12-15-5-3-4-6-17(15)26-13-14-7-8-14/h3-6,9-11,14H,7-8,12-13H2,1-2H3,(H3,21,22,23). The van der Waals surface area contributed by atoms with Crippen LogP contribution in [0, 0.1) is 5.92 Å². The fourth-order valence-electron chi connectivity index (χ4n) is 2.54. The van der Waals surface area contributed by atoms with E-state index in [1.54, 1.807) is 14.2 Å². The predicted molar refractivity (Wildman–Crippen MR) is 103 cm³/mol. The van der Waals surface area contributed by atoms with Gasteiger partial charge in [-0.05, 0) is 37.0 Å². The molecule has 0 bridgehead atoms. The highest BCUT2D eigenvalue weighted by Crippen LogP contribution is 2.31. The molecule has 0 radical (unpaired) electrons. The van der Waals surface area contributed by atoms with E-state index < -0.39 is 0 Å². The summed E-state index contributed by atoms with van der Waals surface area (Å²) in [6.07, 6.45) is 2.53. The summed E-state index contributed by atoms with van der Waals surface area (Å²) in [7, 11) is 3.20. The number of ether oxygens (including phenoxy) is 3. The lowest BCUT2D eigenvalue weighted by molar-refractivity contribution is 0.297. The van der Waals surface area contributed by atoms with Gasteiger partial charge in [0.2, 0.25) is 0 Å². The van der Waals surface area contributed by atoms with Crippen LogP contribution in [0.1, 0.15) is 18.4 Å². The fraction of sp³-hybridized carbons (Fsp3) is 0.350. The van der Waals surface area contributed by atoms with E-state index in [9.17, 15) is 0 Å². The number of hydrogen-bond acceptors (Lipinski definition) is 4. The summed E-state index contributed by atoms with van der Waals surface area (Å²) in [4.78, 5) is 4.42. The van der Waals surface area contributed by atoms with Gasteiger partial charge in [0, 0.05) is 17.3 Å². The lowest BCUT2D eigenvalue weighted by Gasteiger charge is -2.12. The van der Waals surface area contributed by atoms with E-state index in [1.807, 2.05) is 42.5 Å². The number of hydrogen-bond donors (Lipinski definition) is 2. The number of benzene rings is 2. The Morgan fingerprint density at radius 2 is 1.85 bits per heavy atom. The zero-order valence-corrected chi connectivity index (χ0v) is 15.2. The van der Waals surface area contributed by atoms with Crippen molar-refractivity contribution in [2.24, 2.45) is 16.6 Å². The number of guanidine groups is 1. The summed E-state index contributed by atoms with van der Waals surface area (Å²) >= 11 is 0. The van der Waals surface area contributed by atoms with Gasteiger partial charge in [-0.3, -0.25) is 0 Å². The second-order valence-corrected chi connectivity index (χ2v) is 6.26. The zero-order chi connectivity index (χ0) is 18.4. The van der Waals surface area contributed by atoms with E-state index in [4.69, 9.17) is 19.9 Å². The third kappa shape index (κ3) is 4.81. The molecule has 6 nitrogen and oxygen atoms in total. The first-order chi connectivity index (χ1) is 12.7. The Labute approximate surface area is 154 Å². The second kappa shape index (κ2) is 8.47. The van der Waals surface area contributed by atoms with Crippen LogP contribution in [0.4, 0.5) is 5.69 Å². The Morgan fingerprint density at radius 3 is 2.58 bits per heavy atom. The normalized spacial score (nSPS) is 14.0. The summed E-state index contributed by atoms with van der Waals surface area (Å²) < 4.78 is 16.4. The summed E-state index contributed by atoms with van der Waals surface area (Å²) in [5.41, 5.74) is 7.82. The number of methoxy groups -OCH3 is 2. The Morgan fingerprint density at radius 1 is 1.08 bits per heavy atom. The first-order valence-corrected chi connectivity index (χ1v) is 8.69. The first kappa shape index (κ1) is 17.9. The number of nitrogens with zero attached hydrogens (tertiary/aromatic N) is 1. The molecule has 3 rings (SSSR count). The molecular weight excluding hydrogens is 330 g/mol. The highest BCUT2D eigenvalue weighted by Gasteiger charge is 2.22. The third-order valence-corrected chi connectivity index (χ3v) is 4.22. The molecule has 2 aromatic rings. The molecular formula is C20H25N3O3. The van der Waals surface area contributed by atoms with Gasteiger partial charge in [-0.2, -0.15) is 0 Å². The van der Waals surface area contributed by atoms with Crippen LogP contribution >= 0.6 is 0 Å². The van der Waals surface area contributed by atoms with E-state index in [2.05, 4.69) is 10.3 Å². The van der Waals surface area contributed by atoms with Crippen molar-refractivity contribution in [1.29, 1.82) is 0 Å². The number of rotatable bonds is 8. The average Bonchev–Trinajstić information content (AvgIpc) is 3.49. The first-order valence-electron chi connectivity index (χ1n) is 8.69. The van der Waals surface area contributed by atoms with Crippen LogP contribution in [0.25, 0.3) is 0 Å². The summed E-state index contributed by atoms with van der Waals surface area (Å²) in [5.74, 6) is 3.21. The van der Waals surface area contributed by atoms with Gasteiger partial charge in [0.1, 0.15) is 5.75 Å². The molecule has 0 heterocycles. The quantitative estimate of drug-likeness (QED) is 0.560. The molecule has 0 spiro atoms. The van der Waals surface area contributed by atoms with Crippen LogP contribution in [-0.2, 0) is 6.54 Å². The fourth-order valence-corrected chi connectivity index (χ4v) is 2.54. The molecule has 1 aliphatic carbocycles. The Kier molecular flexibility index (Phi) is 5.84. The molecule has 0 aromatic heterocycles. The van der Waals surface area contributed by atoms with Crippen molar-refractivity contribution in [3.8, 4) is 17.2 Å². The number of para-hydroxylation sites is 1. The van der Waals surface area contributed by atoms with E-state index >= 15 is 0 Å². The minimum Gasteiger partial charge on any atom is -0.493 e. The van der Waals surface area contributed by atoms with Gasteiger partial charge in [0.25, 0.3) is 0 Å². The summed E-state index contributed by atoms with van der Waals surface area (Å²) in [6.45, 7) is 1.23. The smallest absolute Gasteiger partial charge is 0.193 e. The molecule has 0 amide bonds. The van der Waals surface area contributed by atoms with Crippen molar-refractivity contribution in [2.75, 3.05) is 26.1 Å². The molecule has 3 N–H and O–H groups in total. The third-order valence-electron chi connectivity index (χ3n) is 4.22. The maximum absolute atomic E-state index is 6.02. The van der Waals surface area contributed by atoms with Crippen LogP contribution in [0.2, 0.25) is 0 Å². The van der Waals surface area contributed by atoms with Crippen molar-refractivity contribution in [2.45, 2.75) is 19.4 Å². The van der Waals surface area contributed by atoms with Crippen LogP contribution in [0.3, 0.4) is 0 Å². The van der Waals surface area contributed by atoms with Crippen LogP contribution < -0.4 is 25.3 Å². The largest absolute Gasteiger partial charge is 0.493 e. The van der Waals surface area contributed by atoms with Gasteiger partial charge >= 0.3 is 0 Å². The van der Waals surface area contributed by atoms with Crippen molar-refractivity contribution < 1.29 is 14.2 Å². The van der Waals surface area contributed by atoms with Crippen molar-refractivity contribution in [3.05, 3.63) is 48.0 Å². The maximum Gasteiger partial charge on any atom is 0.193 e. The van der Waals surface area contributed by atoms with E-state index in [-0.39, 0.29) is 0 Å². The minimum absolute atomic E-state index is 0.328. The highest BCUT2D eigenvalue weighted by molar-refractivity contribution is 5.92. The van der Waals surface area contributed by atoms with Crippen LogP contribution in [-0.4, -0.2) is 26.8 Å².